The Morgan fingerprint density at radius 3 is 1.47 bits per heavy atom. The molecule has 0 aromatic heterocycles. The lowest BCUT2D eigenvalue weighted by molar-refractivity contribution is -0.305. The zero-order chi connectivity index (χ0) is 38.8. The van der Waals surface area contributed by atoms with Gasteiger partial charge in [-0.05, 0) is 38.5 Å². The first kappa shape index (κ1) is 49.5. The summed E-state index contributed by atoms with van der Waals surface area (Å²) in [5.74, 6) is -0.809. The third-order valence-electron chi connectivity index (χ3n) is 10.2. The lowest BCUT2D eigenvalue weighted by Gasteiger charge is -2.39. The van der Waals surface area contributed by atoms with Gasteiger partial charge in [0, 0.05) is 12.8 Å². The van der Waals surface area contributed by atoms with Crippen molar-refractivity contribution in [3.63, 3.8) is 0 Å². The standard InChI is InChI=1S/C43H80O10/c1-3-5-7-9-11-13-15-17-18-20-21-23-25-27-29-31-38(45)50-34-36(35-51-43-42(49)41(48)40(47)37(33-44)53-43)52-39(46)32-30-28-26-24-22-19-16-14-12-10-8-6-4-2/h17-18,36-37,40-44,47-49H,3-16,19-35H2,1-2H3/b18-17+/t36?,37-,40-,41+,42-,43?/m1/s1. The quantitative estimate of drug-likeness (QED) is 0.0277. The van der Waals surface area contributed by atoms with Crippen LogP contribution in [-0.2, 0) is 28.5 Å². The van der Waals surface area contributed by atoms with Gasteiger partial charge >= 0.3 is 11.9 Å². The molecule has 1 heterocycles. The summed E-state index contributed by atoms with van der Waals surface area (Å²) in [6.07, 6.45) is 27.9. The van der Waals surface area contributed by atoms with E-state index in [4.69, 9.17) is 18.9 Å². The minimum absolute atomic E-state index is 0.217. The molecule has 1 fully saturated rings. The minimum Gasteiger partial charge on any atom is -0.462 e. The van der Waals surface area contributed by atoms with E-state index in [0.29, 0.717) is 6.42 Å². The van der Waals surface area contributed by atoms with Crippen molar-refractivity contribution in [2.24, 2.45) is 0 Å². The van der Waals surface area contributed by atoms with Gasteiger partial charge in [0.05, 0.1) is 13.2 Å². The van der Waals surface area contributed by atoms with Crippen LogP contribution >= 0.6 is 0 Å². The van der Waals surface area contributed by atoms with Gasteiger partial charge in [0.25, 0.3) is 0 Å². The van der Waals surface area contributed by atoms with E-state index < -0.39 is 49.4 Å². The van der Waals surface area contributed by atoms with E-state index in [-0.39, 0.29) is 32.0 Å². The van der Waals surface area contributed by atoms with Crippen molar-refractivity contribution in [2.45, 2.75) is 230 Å². The van der Waals surface area contributed by atoms with Gasteiger partial charge in [-0.15, -0.1) is 0 Å². The summed E-state index contributed by atoms with van der Waals surface area (Å²) in [5.41, 5.74) is 0. The molecule has 0 aliphatic carbocycles. The normalized spacial score (nSPS) is 20.9. The highest BCUT2D eigenvalue weighted by Gasteiger charge is 2.44. The summed E-state index contributed by atoms with van der Waals surface area (Å²) < 4.78 is 22.1. The lowest BCUT2D eigenvalue weighted by Crippen LogP contribution is -2.59. The van der Waals surface area contributed by atoms with Gasteiger partial charge in [-0.2, -0.15) is 0 Å². The van der Waals surface area contributed by atoms with Crippen molar-refractivity contribution in [1.29, 1.82) is 0 Å². The highest BCUT2D eigenvalue weighted by molar-refractivity contribution is 5.70. The van der Waals surface area contributed by atoms with Crippen LogP contribution < -0.4 is 0 Å². The first-order valence-electron chi connectivity index (χ1n) is 21.8. The molecule has 0 amide bonds. The van der Waals surface area contributed by atoms with Crippen LogP contribution in [0.15, 0.2) is 12.2 Å². The Balaban J connectivity index is 2.34. The molecule has 6 atom stereocenters. The minimum atomic E-state index is -1.59. The number of ether oxygens (including phenoxy) is 4. The fraction of sp³-hybridized carbons (Fsp3) is 0.907. The van der Waals surface area contributed by atoms with E-state index in [1.54, 1.807) is 0 Å². The Labute approximate surface area is 322 Å². The summed E-state index contributed by atoms with van der Waals surface area (Å²) in [7, 11) is 0. The van der Waals surface area contributed by atoms with Crippen LogP contribution in [0.2, 0.25) is 0 Å². The fourth-order valence-electron chi connectivity index (χ4n) is 6.65. The maximum Gasteiger partial charge on any atom is 0.306 e. The van der Waals surface area contributed by atoms with Crippen LogP contribution in [0.25, 0.3) is 0 Å². The van der Waals surface area contributed by atoms with Gasteiger partial charge in [-0.25, -0.2) is 0 Å². The molecule has 0 spiro atoms. The van der Waals surface area contributed by atoms with Crippen LogP contribution in [0.4, 0.5) is 0 Å². The van der Waals surface area contributed by atoms with Crippen LogP contribution in [0.5, 0.6) is 0 Å². The van der Waals surface area contributed by atoms with E-state index in [1.807, 2.05) is 0 Å². The lowest BCUT2D eigenvalue weighted by atomic mass is 9.99. The molecule has 0 aromatic carbocycles. The largest absolute Gasteiger partial charge is 0.462 e. The Morgan fingerprint density at radius 1 is 0.566 bits per heavy atom. The molecule has 1 aliphatic heterocycles. The second-order valence-corrected chi connectivity index (χ2v) is 15.2. The molecule has 1 rings (SSSR count). The number of hydrogen-bond acceptors (Lipinski definition) is 10. The van der Waals surface area contributed by atoms with Gasteiger partial charge in [0.1, 0.15) is 31.0 Å². The molecule has 4 N–H and O–H groups in total. The average Bonchev–Trinajstić information content (AvgIpc) is 3.15. The fourth-order valence-corrected chi connectivity index (χ4v) is 6.65. The summed E-state index contributed by atoms with van der Waals surface area (Å²) in [6, 6.07) is 0. The Hall–Kier alpha value is -1.56. The van der Waals surface area contributed by atoms with Crippen molar-refractivity contribution in [2.75, 3.05) is 19.8 Å². The van der Waals surface area contributed by atoms with Crippen molar-refractivity contribution in [3.05, 3.63) is 12.2 Å². The van der Waals surface area contributed by atoms with Crippen LogP contribution in [0, 0.1) is 0 Å². The number of hydrogen-bond donors (Lipinski definition) is 4. The summed E-state index contributed by atoms with van der Waals surface area (Å²) in [6.45, 7) is 3.41. The van der Waals surface area contributed by atoms with Gasteiger partial charge in [0.15, 0.2) is 12.4 Å². The number of aliphatic hydroxyl groups is 4. The third kappa shape index (κ3) is 26.8. The van der Waals surface area contributed by atoms with Gasteiger partial charge in [0.2, 0.25) is 0 Å². The van der Waals surface area contributed by atoms with Crippen LogP contribution in [-0.4, -0.2) is 89.0 Å². The van der Waals surface area contributed by atoms with Gasteiger partial charge < -0.3 is 39.4 Å². The molecular weight excluding hydrogens is 676 g/mol. The Bertz CT molecular complexity index is 881. The Kier molecular flexibility index (Phi) is 32.6. The Morgan fingerprint density at radius 2 is 1.00 bits per heavy atom. The SMILES string of the molecule is CCCCCCCC/C=C/CCCCCCCC(=O)OCC(COC1O[C@H](CO)[C@@H](O)[C@H](O)[C@H]1O)OC(=O)CCCCCCCCCCCCCCC. The maximum atomic E-state index is 12.7. The zero-order valence-corrected chi connectivity index (χ0v) is 33.8. The summed E-state index contributed by atoms with van der Waals surface area (Å²) >= 11 is 0. The molecule has 1 saturated heterocycles. The molecule has 0 saturated carbocycles. The average molecular weight is 757 g/mol. The summed E-state index contributed by atoms with van der Waals surface area (Å²) in [4.78, 5) is 25.3. The van der Waals surface area contributed by atoms with Crippen LogP contribution in [0.3, 0.4) is 0 Å². The molecule has 1 aliphatic rings. The second kappa shape index (κ2) is 34.9. The molecule has 312 valence electrons. The first-order chi connectivity index (χ1) is 25.8. The van der Waals surface area contributed by atoms with Crippen molar-refractivity contribution >= 4 is 11.9 Å². The molecule has 0 bridgehead atoms. The monoisotopic (exact) mass is 757 g/mol. The number of carbonyl (C=O) groups excluding carboxylic acids is 2. The van der Waals surface area contributed by atoms with E-state index in [9.17, 15) is 30.0 Å². The molecule has 0 radical (unpaired) electrons. The molecule has 2 unspecified atom stereocenters. The van der Waals surface area contributed by atoms with E-state index >= 15 is 0 Å². The molecule has 10 nitrogen and oxygen atoms in total. The molecular formula is C43H80O10. The molecule has 10 heteroatoms. The van der Waals surface area contributed by atoms with Gasteiger partial charge in [-0.1, -0.05) is 154 Å². The second-order valence-electron chi connectivity index (χ2n) is 15.2. The number of aliphatic hydroxyl groups excluding tert-OH is 4. The topological polar surface area (TPSA) is 152 Å². The molecule has 53 heavy (non-hydrogen) atoms. The number of esters is 2. The summed E-state index contributed by atoms with van der Waals surface area (Å²) in [5, 5.41) is 40.0. The van der Waals surface area contributed by atoms with Crippen molar-refractivity contribution in [3.8, 4) is 0 Å². The maximum absolute atomic E-state index is 12.7. The smallest absolute Gasteiger partial charge is 0.306 e. The molecule has 0 aromatic rings. The zero-order valence-electron chi connectivity index (χ0n) is 33.8. The number of unbranched alkanes of at least 4 members (excludes halogenated alkanes) is 23. The highest BCUT2D eigenvalue weighted by Crippen LogP contribution is 2.23. The highest BCUT2D eigenvalue weighted by atomic mass is 16.7. The van der Waals surface area contributed by atoms with E-state index in [2.05, 4.69) is 26.0 Å². The number of allylic oxidation sites excluding steroid dienone is 2. The number of rotatable bonds is 36. The third-order valence-corrected chi connectivity index (χ3v) is 10.2. The van der Waals surface area contributed by atoms with E-state index in [0.717, 1.165) is 57.8 Å². The first-order valence-corrected chi connectivity index (χ1v) is 21.8. The van der Waals surface area contributed by atoms with Crippen LogP contribution in [0.1, 0.15) is 194 Å². The van der Waals surface area contributed by atoms with Crippen molar-refractivity contribution < 1.29 is 49.0 Å². The van der Waals surface area contributed by atoms with E-state index in [1.165, 1.54) is 103 Å². The predicted octanol–water partition coefficient (Wildman–Crippen LogP) is 8.78. The number of carbonyl (C=O) groups is 2. The predicted molar refractivity (Wildman–Crippen MR) is 210 cm³/mol. The van der Waals surface area contributed by atoms with Gasteiger partial charge in [-0.3, -0.25) is 9.59 Å². The van der Waals surface area contributed by atoms with Crippen molar-refractivity contribution in [1.82, 2.24) is 0 Å².